The van der Waals surface area contributed by atoms with Crippen LogP contribution >= 0.6 is 0 Å². The SMILES string of the molecule is C=CC(=C)[C@@H](CC[C@@H](C)Cc1cc(C(=O)OC)co1)OC(C)=O. The molecule has 1 heterocycles. The number of hydrogen-bond donors (Lipinski definition) is 0. The lowest BCUT2D eigenvalue weighted by Crippen LogP contribution is -2.19. The highest BCUT2D eigenvalue weighted by molar-refractivity contribution is 5.88. The highest BCUT2D eigenvalue weighted by Crippen LogP contribution is 2.21. The number of ether oxygens (including phenoxy) is 2. The van der Waals surface area contributed by atoms with Gasteiger partial charge in [-0.3, -0.25) is 4.79 Å². The van der Waals surface area contributed by atoms with Crippen LogP contribution in [0.1, 0.15) is 42.8 Å². The summed E-state index contributed by atoms with van der Waals surface area (Å²) >= 11 is 0. The van der Waals surface area contributed by atoms with E-state index in [9.17, 15) is 9.59 Å². The summed E-state index contributed by atoms with van der Waals surface area (Å²) in [6, 6.07) is 1.69. The molecule has 1 aromatic heterocycles. The lowest BCUT2D eigenvalue weighted by atomic mass is 9.96. The Morgan fingerprint density at radius 1 is 1.39 bits per heavy atom. The van der Waals surface area contributed by atoms with Crippen molar-refractivity contribution in [3.63, 3.8) is 0 Å². The van der Waals surface area contributed by atoms with Crippen molar-refractivity contribution in [1.29, 1.82) is 0 Å². The minimum Gasteiger partial charge on any atom is -0.468 e. The van der Waals surface area contributed by atoms with Crippen LogP contribution in [0.25, 0.3) is 0 Å². The van der Waals surface area contributed by atoms with Gasteiger partial charge in [0.25, 0.3) is 0 Å². The van der Waals surface area contributed by atoms with E-state index in [-0.39, 0.29) is 12.1 Å². The summed E-state index contributed by atoms with van der Waals surface area (Å²) in [6.45, 7) is 11.0. The van der Waals surface area contributed by atoms with Gasteiger partial charge in [0.1, 0.15) is 18.1 Å². The topological polar surface area (TPSA) is 65.7 Å². The van der Waals surface area contributed by atoms with Crippen LogP contribution in [0.4, 0.5) is 0 Å². The predicted octanol–water partition coefficient (Wildman–Crippen LogP) is 3.70. The highest BCUT2D eigenvalue weighted by Gasteiger charge is 2.17. The Labute approximate surface area is 137 Å². The van der Waals surface area contributed by atoms with Gasteiger partial charge in [-0.15, -0.1) is 0 Å². The third-order valence-corrected chi connectivity index (χ3v) is 3.53. The maximum atomic E-state index is 11.4. The Balaban J connectivity index is 2.54. The van der Waals surface area contributed by atoms with E-state index in [4.69, 9.17) is 9.15 Å². The van der Waals surface area contributed by atoms with Crippen molar-refractivity contribution < 1.29 is 23.5 Å². The van der Waals surface area contributed by atoms with Crippen LogP contribution in [0.15, 0.2) is 41.6 Å². The molecule has 1 aromatic rings. The average Bonchev–Trinajstić information content (AvgIpc) is 2.97. The molecule has 126 valence electrons. The van der Waals surface area contributed by atoms with Gasteiger partial charge in [0, 0.05) is 13.3 Å². The molecule has 5 nitrogen and oxygen atoms in total. The van der Waals surface area contributed by atoms with Crippen LogP contribution in [0.2, 0.25) is 0 Å². The number of rotatable bonds is 9. The number of carbonyl (C=O) groups is 2. The fourth-order valence-electron chi connectivity index (χ4n) is 2.25. The average molecular weight is 320 g/mol. The first-order valence-electron chi connectivity index (χ1n) is 7.51. The molecule has 0 radical (unpaired) electrons. The first-order chi connectivity index (χ1) is 10.9. The van der Waals surface area contributed by atoms with Gasteiger partial charge in [0.2, 0.25) is 0 Å². The van der Waals surface area contributed by atoms with Crippen LogP contribution in [0.5, 0.6) is 0 Å². The van der Waals surface area contributed by atoms with E-state index >= 15 is 0 Å². The number of furan rings is 1. The minimum absolute atomic E-state index is 0.294. The van der Waals surface area contributed by atoms with E-state index < -0.39 is 5.97 Å². The van der Waals surface area contributed by atoms with E-state index in [0.717, 1.165) is 12.2 Å². The van der Waals surface area contributed by atoms with Crippen molar-refractivity contribution in [2.45, 2.75) is 39.2 Å². The maximum absolute atomic E-state index is 11.4. The van der Waals surface area contributed by atoms with Gasteiger partial charge >= 0.3 is 11.9 Å². The van der Waals surface area contributed by atoms with E-state index in [0.29, 0.717) is 29.9 Å². The van der Waals surface area contributed by atoms with Crippen LogP contribution in [-0.2, 0) is 20.7 Å². The van der Waals surface area contributed by atoms with E-state index in [2.05, 4.69) is 24.8 Å². The first-order valence-corrected chi connectivity index (χ1v) is 7.51. The number of hydrogen-bond acceptors (Lipinski definition) is 5. The molecule has 0 aliphatic rings. The van der Waals surface area contributed by atoms with Gasteiger partial charge < -0.3 is 13.9 Å². The lowest BCUT2D eigenvalue weighted by molar-refractivity contribution is -0.144. The molecule has 0 saturated heterocycles. The van der Waals surface area contributed by atoms with Crippen LogP contribution in [0, 0.1) is 5.92 Å². The number of esters is 2. The largest absolute Gasteiger partial charge is 0.468 e. The van der Waals surface area contributed by atoms with Gasteiger partial charge in [-0.25, -0.2) is 4.79 Å². The van der Waals surface area contributed by atoms with Crippen molar-refractivity contribution in [2.24, 2.45) is 5.92 Å². The molecule has 5 heteroatoms. The predicted molar refractivity (Wildman–Crippen MR) is 87.0 cm³/mol. The minimum atomic E-state index is -0.412. The van der Waals surface area contributed by atoms with Crippen molar-refractivity contribution in [3.8, 4) is 0 Å². The second-order valence-electron chi connectivity index (χ2n) is 5.56. The normalized spacial score (nSPS) is 13.0. The highest BCUT2D eigenvalue weighted by atomic mass is 16.5. The van der Waals surface area contributed by atoms with Crippen molar-refractivity contribution in [2.75, 3.05) is 7.11 Å². The van der Waals surface area contributed by atoms with Gasteiger partial charge in [-0.1, -0.05) is 26.2 Å². The molecule has 0 spiro atoms. The smallest absolute Gasteiger partial charge is 0.341 e. The summed E-state index contributed by atoms with van der Waals surface area (Å²) in [5.74, 6) is 0.274. The van der Waals surface area contributed by atoms with Gasteiger partial charge in [0.05, 0.1) is 12.7 Å². The van der Waals surface area contributed by atoms with Crippen molar-refractivity contribution in [3.05, 3.63) is 48.5 Å². The van der Waals surface area contributed by atoms with Crippen molar-refractivity contribution in [1.82, 2.24) is 0 Å². The zero-order valence-corrected chi connectivity index (χ0v) is 14.0. The van der Waals surface area contributed by atoms with Gasteiger partial charge in [-0.2, -0.15) is 0 Å². The van der Waals surface area contributed by atoms with Gasteiger partial charge in [-0.05, 0) is 30.4 Å². The Morgan fingerprint density at radius 2 is 2.09 bits per heavy atom. The number of carbonyl (C=O) groups excluding carboxylic acids is 2. The Kier molecular flexibility index (Phi) is 7.32. The quantitative estimate of drug-likeness (QED) is 0.513. The van der Waals surface area contributed by atoms with E-state index in [1.165, 1.54) is 20.3 Å². The fraction of sp³-hybridized carbons (Fsp3) is 0.444. The molecule has 0 aromatic carbocycles. The maximum Gasteiger partial charge on any atom is 0.341 e. The molecule has 0 unspecified atom stereocenters. The molecule has 0 bridgehead atoms. The second-order valence-corrected chi connectivity index (χ2v) is 5.56. The van der Waals surface area contributed by atoms with Crippen LogP contribution < -0.4 is 0 Å². The Hall–Kier alpha value is -2.30. The zero-order valence-electron chi connectivity index (χ0n) is 14.0. The van der Waals surface area contributed by atoms with E-state index in [1.807, 2.05) is 0 Å². The molecular weight excluding hydrogens is 296 g/mol. The van der Waals surface area contributed by atoms with Crippen LogP contribution in [-0.4, -0.2) is 25.2 Å². The molecule has 1 rings (SSSR count). The molecule has 23 heavy (non-hydrogen) atoms. The Morgan fingerprint density at radius 3 is 2.65 bits per heavy atom. The molecule has 0 fully saturated rings. The summed E-state index contributed by atoms with van der Waals surface area (Å²) in [4.78, 5) is 22.5. The lowest BCUT2D eigenvalue weighted by Gasteiger charge is -2.19. The third-order valence-electron chi connectivity index (χ3n) is 3.53. The molecule has 0 amide bonds. The third kappa shape index (κ3) is 6.14. The standard InChI is InChI=1S/C18H24O5/c1-6-13(3)17(23-14(4)19)8-7-12(2)9-16-10-15(11-22-16)18(20)21-5/h6,10-12,17H,1,3,7-9H2,2,4-5H3/t12-,17-/m1/s1. The van der Waals surface area contributed by atoms with E-state index in [1.54, 1.807) is 12.1 Å². The molecule has 0 saturated carbocycles. The van der Waals surface area contributed by atoms with Crippen molar-refractivity contribution >= 4 is 11.9 Å². The molecule has 0 aliphatic heterocycles. The summed E-state index contributed by atoms with van der Waals surface area (Å²) in [7, 11) is 1.33. The van der Waals surface area contributed by atoms with Gasteiger partial charge in [0.15, 0.2) is 0 Å². The molecule has 2 atom stereocenters. The summed E-state index contributed by atoms with van der Waals surface area (Å²) in [5, 5.41) is 0. The Bertz CT molecular complexity index is 570. The second kappa shape index (κ2) is 8.98. The number of methoxy groups -OCH3 is 1. The fourth-order valence-corrected chi connectivity index (χ4v) is 2.25. The summed E-state index contributed by atoms with van der Waals surface area (Å²) < 4.78 is 15.3. The zero-order chi connectivity index (χ0) is 17.4. The molecule has 0 N–H and O–H groups in total. The summed E-state index contributed by atoms with van der Waals surface area (Å²) in [5.41, 5.74) is 1.10. The summed E-state index contributed by atoms with van der Waals surface area (Å²) in [6.07, 6.45) is 4.82. The molecular formula is C18H24O5. The molecule has 0 aliphatic carbocycles. The first kappa shape index (κ1) is 18.7. The van der Waals surface area contributed by atoms with Crippen LogP contribution in [0.3, 0.4) is 0 Å². The monoisotopic (exact) mass is 320 g/mol.